The van der Waals surface area contributed by atoms with Crippen LogP contribution in [0.5, 0.6) is 5.75 Å². The standard InChI is InChI=1S/C14H16N2O5/c1-9-2-3-10-11(6-9)21-8-13(18)16(10)7-12(17)15-5-4-14(19)20/h2-3,6H,4-5,7-8H2,1H3,(H,15,17)(H,19,20). The number of carboxylic acids is 1. The van der Waals surface area contributed by atoms with Gasteiger partial charge in [-0.05, 0) is 24.6 Å². The number of nitrogens with zero attached hydrogens (tertiary/aromatic N) is 1. The Morgan fingerprint density at radius 1 is 1.43 bits per heavy atom. The molecule has 0 radical (unpaired) electrons. The molecule has 0 unspecified atom stereocenters. The van der Waals surface area contributed by atoms with E-state index < -0.39 is 11.9 Å². The molecule has 2 N–H and O–H groups in total. The van der Waals surface area contributed by atoms with Crippen LogP contribution in [0.25, 0.3) is 0 Å². The molecule has 1 aliphatic rings. The van der Waals surface area contributed by atoms with Gasteiger partial charge in [0.15, 0.2) is 6.61 Å². The number of nitrogens with one attached hydrogen (secondary N) is 1. The molecule has 1 aromatic rings. The van der Waals surface area contributed by atoms with E-state index in [1.807, 2.05) is 13.0 Å². The number of ether oxygens (including phenoxy) is 1. The van der Waals surface area contributed by atoms with Crippen molar-refractivity contribution < 1.29 is 24.2 Å². The topological polar surface area (TPSA) is 95.9 Å². The van der Waals surface area contributed by atoms with Crippen LogP contribution in [0, 0.1) is 6.92 Å². The van der Waals surface area contributed by atoms with Crippen LogP contribution in [0.4, 0.5) is 5.69 Å². The summed E-state index contributed by atoms with van der Waals surface area (Å²) < 4.78 is 5.34. The van der Waals surface area contributed by atoms with Crippen molar-refractivity contribution in [3.05, 3.63) is 23.8 Å². The first-order chi connectivity index (χ1) is 9.97. The van der Waals surface area contributed by atoms with Crippen molar-refractivity contribution in [1.29, 1.82) is 0 Å². The molecule has 112 valence electrons. The number of hydrogen-bond donors (Lipinski definition) is 2. The first kappa shape index (κ1) is 14.8. The van der Waals surface area contributed by atoms with Gasteiger partial charge in [-0.3, -0.25) is 19.3 Å². The summed E-state index contributed by atoms with van der Waals surface area (Å²) in [7, 11) is 0. The summed E-state index contributed by atoms with van der Waals surface area (Å²) >= 11 is 0. The van der Waals surface area contributed by atoms with Gasteiger partial charge in [0.25, 0.3) is 5.91 Å². The second-order valence-electron chi connectivity index (χ2n) is 4.73. The Bertz CT molecular complexity index is 585. The van der Waals surface area contributed by atoms with E-state index in [4.69, 9.17) is 9.84 Å². The molecule has 1 aromatic carbocycles. The van der Waals surface area contributed by atoms with E-state index >= 15 is 0 Å². The summed E-state index contributed by atoms with van der Waals surface area (Å²) in [6.45, 7) is 1.67. The summed E-state index contributed by atoms with van der Waals surface area (Å²) in [5, 5.41) is 11.0. The third-order valence-corrected chi connectivity index (χ3v) is 3.02. The highest BCUT2D eigenvalue weighted by Crippen LogP contribution is 2.32. The molecule has 0 spiro atoms. The molecule has 7 heteroatoms. The Morgan fingerprint density at radius 2 is 2.19 bits per heavy atom. The van der Waals surface area contributed by atoms with Crippen LogP contribution in [0.15, 0.2) is 18.2 Å². The van der Waals surface area contributed by atoms with E-state index in [0.29, 0.717) is 11.4 Å². The fourth-order valence-electron chi connectivity index (χ4n) is 1.99. The van der Waals surface area contributed by atoms with Gasteiger partial charge in [0.05, 0.1) is 12.1 Å². The number of carbonyl (C=O) groups is 3. The van der Waals surface area contributed by atoms with Crippen LogP contribution < -0.4 is 15.0 Å². The molecule has 0 aromatic heterocycles. The van der Waals surface area contributed by atoms with Gasteiger partial charge in [0, 0.05) is 6.54 Å². The highest BCUT2D eigenvalue weighted by Gasteiger charge is 2.27. The van der Waals surface area contributed by atoms with Crippen molar-refractivity contribution in [1.82, 2.24) is 5.32 Å². The second-order valence-corrected chi connectivity index (χ2v) is 4.73. The molecule has 2 rings (SSSR count). The predicted molar refractivity (Wildman–Crippen MR) is 74.3 cm³/mol. The van der Waals surface area contributed by atoms with E-state index in [1.54, 1.807) is 12.1 Å². The molecular weight excluding hydrogens is 276 g/mol. The first-order valence-corrected chi connectivity index (χ1v) is 6.49. The quantitative estimate of drug-likeness (QED) is 0.814. The number of hydrogen-bond acceptors (Lipinski definition) is 4. The minimum absolute atomic E-state index is 0.0352. The van der Waals surface area contributed by atoms with E-state index in [0.717, 1.165) is 5.56 Å². The van der Waals surface area contributed by atoms with Gasteiger partial charge in [0.2, 0.25) is 5.91 Å². The molecule has 7 nitrogen and oxygen atoms in total. The molecule has 0 atom stereocenters. The Labute approximate surface area is 121 Å². The van der Waals surface area contributed by atoms with E-state index in [9.17, 15) is 14.4 Å². The zero-order chi connectivity index (χ0) is 15.4. The number of benzene rings is 1. The number of aryl methyl sites for hydroxylation is 1. The lowest BCUT2D eigenvalue weighted by Crippen LogP contribution is -2.45. The minimum Gasteiger partial charge on any atom is -0.482 e. The van der Waals surface area contributed by atoms with Crippen LogP contribution in [0.1, 0.15) is 12.0 Å². The van der Waals surface area contributed by atoms with E-state index in [1.165, 1.54) is 4.90 Å². The summed E-state index contributed by atoms with van der Waals surface area (Å²) in [5.74, 6) is -1.13. The maximum absolute atomic E-state index is 11.9. The average molecular weight is 292 g/mol. The first-order valence-electron chi connectivity index (χ1n) is 6.49. The number of amides is 2. The van der Waals surface area contributed by atoms with Gasteiger partial charge in [0.1, 0.15) is 12.3 Å². The van der Waals surface area contributed by atoms with Gasteiger partial charge < -0.3 is 15.2 Å². The Morgan fingerprint density at radius 3 is 2.90 bits per heavy atom. The highest BCUT2D eigenvalue weighted by atomic mass is 16.5. The van der Waals surface area contributed by atoms with Crippen molar-refractivity contribution in [3.63, 3.8) is 0 Å². The third-order valence-electron chi connectivity index (χ3n) is 3.02. The number of rotatable bonds is 5. The zero-order valence-electron chi connectivity index (χ0n) is 11.6. The number of aliphatic carboxylic acids is 1. The number of anilines is 1. The van der Waals surface area contributed by atoms with Crippen LogP contribution in [0.3, 0.4) is 0 Å². The molecule has 0 fully saturated rings. The van der Waals surface area contributed by atoms with Crippen molar-refractivity contribution in [2.75, 3.05) is 24.6 Å². The minimum atomic E-state index is -0.987. The maximum Gasteiger partial charge on any atom is 0.305 e. The van der Waals surface area contributed by atoms with Crippen molar-refractivity contribution in [2.24, 2.45) is 0 Å². The Balaban J connectivity index is 2.04. The summed E-state index contributed by atoms with van der Waals surface area (Å²) in [5.41, 5.74) is 1.54. The van der Waals surface area contributed by atoms with Gasteiger partial charge in [-0.25, -0.2) is 0 Å². The molecular formula is C14H16N2O5. The van der Waals surface area contributed by atoms with Crippen LogP contribution in [0.2, 0.25) is 0 Å². The summed E-state index contributed by atoms with van der Waals surface area (Å²) in [6.07, 6.45) is -0.154. The average Bonchev–Trinajstić information content (AvgIpc) is 2.41. The van der Waals surface area contributed by atoms with Crippen LogP contribution >= 0.6 is 0 Å². The van der Waals surface area contributed by atoms with Crippen LogP contribution in [-0.4, -0.2) is 42.6 Å². The molecule has 0 aliphatic carbocycles. The highest BCUT2D eigenvalue weighted by molar-refractivity contribution is 6.02. The molecule has 1 heterocycles. The maximum atomic E-state index is 11.9. The van der Waals surface area contributed by atoms with Crippen molar-refractivity contribution in [3.8, 4) is 5.75 Å². The molecule has 0 saturated heterocycles. The molecule has 2 amide bonds. The van der Waals surface area contributed by atoms with Crippen molar-refractivity contribution >= 4 is 23.5 Å². The fraction of sp³-hybridized carbons (Fsp3) is 0.357. The largest absolute Gasteiger partial charge is 0.482 e. The van der Waals surface area contributed by atoms with Gasteiger partial charge in [-0.1, -0.05) is 6.07 Å². The number of carboxylic acid groups (broad SMARTS) is 1. The lowest BCUT2D eigenvalue weighted by molar-refractivity contribution is -0.137. The van der Waals surface area contributed by atoms with Gasteiger partial charge in [-0.15, -0.1) is 0 Å². The van der Waals surface area contributed by atoms with Gasteiger partial charge >= 0.3 is 5.97 Å². The lowest BCUT2D eigenvalue weighted by atomic mass is 10.1. The number of carbonyl (C=O) groups excluding carboxylic acids is 2. The smallest absolute Gasteiger partial charge is 0.305 e. The van der Waals surface area contributed by atoms with E-state index in [2.05, 4.69) is 5.32 Å². The molecule has 0 saturated carbocycles. The molecule has 1 aliphatic heterocycles. The van der Waals surface area contributed by atoms with Gasteiger partial charge in [-0.2, -0.15) is 0 Å². The molecule has 0 bridgehead atoms. The monoisotopic (exact) mass is 292 g/mol. The number of fused-ring (bicyclic) bond motifs is 1. The summed E-state index contributed by atoms with van der Waals surface area (Å²) in [4.78, 5) is 35.4. The summed E-state index contributed by atoms with van der Waals surface area (Å²) in [6, 6.07) is 5.36. The molecule has 21 heavy (non-hydrogen) atoms. The van der Waals surface area contributed by atoms with Crippen molar-refractivity contribution in [2.45, 2.75) is 13.3 Å². The predicted octanol–water partition coefficient (Wildman–Crippen LogP) is 0.311. The Hall–Kier alpha value is -2.57. The lowest BCUT2D eigenvalue weighted by Gasteiger charge is -2.29. The van der Waals surface area contributed by atoms with E-state index in [-0.39, 0.29) is 32.0 Å². The normalized spacial score (nSPS) is 13.4. The third kappa shape index (κ3) is 3.71. The fourth-order valence-corrected chi connectivity index (χ4v) is 1.99. The van der Waals surface area contributed by atoms with Crippen LogP contribution in [-0.2, 0) is 14.4 Å². The zero-order valence-corrected chi connectivity index (χ0v) is 11.6. The second kappa shape index (κ2) is 6.25. The Kier molecular flexibility index (Phi) is 4.42. The SMILES string of the molecule is Cc1ccc2c(c1)OCC(=O)N2CC(=O)NCCC(=O)O.